The summed E-state index contributed by atoms with van der Waals surface area (Å²) in [7, 11) is 0. The molecule has 0 radical (unpaired) electrons. The molecule has 0 bridgehead atoms. The van der Waals surface area contributed by atoms with Crippen molar-refractivity contribution in [1.82, 2.24) is 25.2 Å². The van der Waals surface area contributed by atoms with Gasteiger partial charge in [0, 0.05) is 57.8 Å². The monoisotopic (exact) mass is 549 g/mol. The van der Waals surface area contributed by atoms with Crippen LogP contribution >= 0.6 is 0 Å². The van der Waals surface area contributed by atoms with Crippen molar-refractivity contribution in [2.75, 3.05) is 13.1 Å². The highest BCUT2D eigenvalue weighted by atomic mass is 16.1. The third-order valence-corrected chi connectivity index (χ3v) is 7.94. The second kappa shape index (κ2) is 11.1. The van der Waals surface area contributed by atoms with Crippen LogP contribution in [0.2, 0.25) is 0 Å². The Morgan fingerprint density at radius 3 is 2.00 bits per heavy atom. The number of aromatic nitrogens is 3. The van der Waals surface area contributed by atoms with Crippen LogP contribution in [0, 0.1) is 0 Å². The quantitative estimate of drug-likeness (QED) is 0.200. The Balaban J connectivity index is 1.11. The van der Waals surface area contributed by atoms with E-state index >= 15 is 0 Å². The van der Waals surface area contributed by atoms with Crippen molar-refractivity contribution < 1.29 is 4.79 Å². The smallest absolute Gasteiger partial charge is 0.251 e. The van der Waals surface area contributed by atoms with E-state index in [4.69, 9.17) is 9.97 Å². The van der Waals surface area contributed by atoms with E-state index in [0.29, 0.717) is 18.7 Å². The van der Waals surface area contributed by atoms with Gasteiger partial charge in [-0.25, -0.2) is 0 Å². The summed E-state index contributed by atoms with van der Waals surface area (Å²) in [6.07, 6.45) is 0. The number of hydrogen-bond donors (Lipinski definition) is 2. The van der Waals surface area contributed by atoms with E-state index < -0.39 is 0 Å². The maximum Gasteiger partial charge on any atom is 0.251 e. The Morgan fingerprint density at radius 1 is 0.690 bits per heavy atom. The molecule has 42 heavy (non-hydrogen) atoms. The molecule has 0 atom stereocenters. The number of nitrogens with one attached hydrogen (secondary N) is 2. The predicted molar refractivity (Wildman–Crippen MR) is 171 cm³/mol. The Kier molecular flexibility index (Phi) is 6.82. The summed E-state index contributed by atoms with van der Waals surface area (Å²) >= 11 is 0. The molecule has 0 aliphatic carbocycles. The van der Waals surface area contributed by atoms with Gasteiger partial charge in [0.15, 0.2) is 0 Å². The molecule has 0 spiro atoms. The summed E-state index contributed by atoms with van der Waals surface area (Å²) in [5, 5.41) is 11.2. The molecule has 0 aliphatic rings. The molecule has 7 aromatic rings. The van der Waals surface area contributed by atoms with Crippen LogP contribution in [0.5, 0.6) is 0 Å². The van der Waals surface area contributed by atoms with Crippen LogP contribution in [0.4, 0.5) is 0 Å². The van der Waals surface area contributed by atoms with E-state index in [9.17, 15) is 4.79 Å². The summed E-state index contributed by atoms with van der Waals surface area (Å²) in [6, 6.07) is 38.6. The molecule has 0 saturated carbocycles. The maximum atomic E-state index is 13.2. The number of carbonyl (C=O) groups excluding carboxylic acids is 1. The van der Waals surface area contributed by atoms with Crippen molar-refractivity contribution in [1.29, 1.82) is 0 Å². The van der Waals surface area contributed by atoms with Crippen LogP contribution in [0.3, 0.4) is 0 Å². The molecule has 0 saturated heterocycles. The lowest BCUT2D eigenvalue weighted by molar-refractivity contribution is 0.0954. The molecule has 4 aromatic carbocycles. The molecule has 0 unspecified atom stereocenters. The van der Waals surface area contributed by atoms with E-state index in [2.05, 4.69) is 82.8 Å². The highest BCUT2D eigenvalue weighted by Crippen LogP contribution is 2.30. The van der Waals surface area contributed by atoms with Gasteiger partial charge in [-0.2, -0.15) is 0 Å². The third kappa shape index (κ3) is 4.76. The topological polar surface area (TPSA) is 71.8 Å². The normalized spacial score (nSPS) is 11.7. The summed E-state index contributed by atoms with van der Waals surface area (Å²) < 4.78 is 2.29. The van der Waals surface area contributed by atoms with Crippen LogP contribution in [-0.4, -0.2) is 33.5 Å². The Hall–Kier alpha value is -5.07. The molecule has 3 aromatic heterocycles. The number of pyridine rings is 2. The second-order valence-electron chi connectivity index (χ2n) is 10.5. The first-order valence-corrected chi connectivity index (χ1v) is 14.4. The van der Waals surface area contributed by atoms with Gasteiger partial charge in [-0.15, -0.1) is 0 Å². The zero-order valence-corrected chi connectivity index (χ0v) is 23.4. The largest absolute Gasteiger partial charge is 0.351 e. The summed E-state index contributed by atoms with van der Waals surface area (Å²) in [5.74, 6) is -0.0868. The molecule has 0 fully saturated rings. The maximum absolute atomic E-state index is 13.2. The lowest BCUT2D eigenvalue weighted by Gasteiger charge is -2.19. The first kappa shape index (κ1) is 25.9. The zero-order valence-electron chi connectivity index (χ0n) is 23.4. The number of para-hydroxylation sites is 3. The molecular formula is C36H31N5O. The Bertz CT molecular complexity index is 2000. The van der Waals surface area contributed by atoms with Crippen molar-refractivity contribution in [3.63, 3.8) is 0 Å². The number of nitrogens with zero attached hydrogens (tertiary/aromatic N) is 3. The fourth-order valence-electron chi connectivity index (χ4n) is 5.88. The average molecular weight is 550 g/mol. The van der Waals surface area contributed by atoms with Gasteiger partial charge in [0.25, 0.3) is 5.91 Å². The SMILES string of the molecule is CCn1c2ccccc2c2cc(C(=O)NCCNC(c3ccc4ccccc4n3)c3ccc4ccccc4n3)ccc21. The molecule has 7 rings (SSSR count). The first-order valence-electron chi connectivity index (χ1n) is 14.4. The highest BCUT2D eigenvalue weighted by molar-refractivity contribution is 6.10. The van der Waals surface area contributed by atoms with E-state index in [-0.39, 0.29) is 11.9 Å². The molecular weight excluding hydrogens is 518 g/mol. The highest BCUT2D eigenvalue weighted by Gasteiger charge is 2.18. The fourth-order valence-corrected chi connectivity index (χ4v) is 5.88. The lowest BCUT2D eigenvalue weighted by atomic mass is 10.1. The first-order chi connectivity index (χ1) is 20.7. The van der Waals surface area contributed by atoms with E-state index in [1.165, 1.54) is 10.9 Å². The molecule has 206 valence electrons. The summed E-state index contributed by atoms with van der Waals surface area (Å²) in [6.45, 7) is 4.04. The number of aryl methyl sites for hydroxylation is 1. The fraction of sp³-hybridized carbons (Fsp3) is 0.139. The molecule has 2 N–H and O–H groups in total. The van der Waals surface area contributed by atoms with Crippen molar-refractivity contribution >= 4 is 49.5 Å². The summed E-state index contributed by atoms with van der Waals surface area (Å²) in [4.78, 5) is 23.1. The van der Waals surface area contributed by atoms with Gasteiger partial charge < -0.3 is 15.2 Å². The lowest BCUT2D eigenvalue weighted by Crippen LogP contribution is -2.34. The second-order valence-corrected chi connectivity index (χ2v) is 10.5. The van der Waals surface area contributed by atoms with Gasteiger partial charge in [-0.05, 0) is 55.5 Å². The Labute approximate surface area is 244 Å². The minimum atomic E-state index is -0.229. The standard InChI is InChI=1S/C36H31N5O/c1-2-41-33-14-8-5-11-27(33)28-23-26(17-20-34(28)41)36(42)38-22-21-37-35(31-18-15-24-9-3-6-12-29(24)39-31)32-19-16-25-10-4-7-13-30(25)40-32/h3-20,23,35,37H,2,21-22H2,1H3,(H,38,42). The number of carbonyl (C=O) groups is 1. The zero-order chi connectivity index (χ0) is 28.5. The number of benzene rings is 4. The molecule has 6 heteroatoms. The average Bonchev–Trinajstić information content (AvgIpc) is 3.37. The van der Waals surface area contributed by atoms with Crippen LogP contribution in [0.25, 0.3) is 43.6 Å². The van der Waals surface area contributed by atoms with Crippen molar-refractivity contribution in [2.45, 2.75) is 19.5 Å². The van der Waals surface area contributed by atoms with Crippen LogP contribution in [-0.2, 0) is 6.54 Å². The molecule has 1 amide bonds. The van der Waals surface area contributed by atoms with Gasteiger partial charge in [0.05, 0.1) is 28.5 Å². The number of rotatable bonds is 8. The minimum Gasteiger partial charge on any atom is -0.351 e. The molecule has 6 nitrogen and oxygen atoms in total. The van der Waals surface area contributed by atoms with Crippen LogP contribution in [0.1, 0.15) is 34.7 Å². The van der Waals surface area contributed by atoms with E-state index in [0.717, 1.165) is 50.6 Å². The molecule has 0 aliphatic heterocycles. The van der Waals surface area contributed by atoms with Gasteiger partial charge in [-0.3, -0.25) is 14.8 Å². The third-order valence-electron chi connectivity index (χ3n) is 7.94. The van der Waals surface area contributed by atoms with Gasteiger partial charge in [0.1, 0.15) is 0 Å². The van der Waals surface area contributed by atoms with E-state index in [1.807, 2.05) is 54.6 Å². The van der Waals surface area contributed by atoms with Gasteiger partial charge in [-0.1, -0.05) is 66.7 Å². The van der Waals surface area contributed by atoms with Crippen molar-refractivity contribution in [2.24, 2.45) is 0 Å². The number of hydrogen-bond acceptors (Lipinski definition) is 4. The van der Waals surface area contributed by atoms with Crippen molar-refractivity contribution in [3.05, 3.63) is 132 Å². The van der Waals surface area contributed by atoms with Crippen molar-refractivity contribution in [3.8, 4) is 0 Å². The van der Waals surface area contributed by atoms with Crippen LogP contribution < -0.4 is 10.6 Å². The van der Waals surface area contributed by atoms with Gasteiger partial charge in [0.2, 0.25) is 0 Å². The predicted octanol–water partition coefficient (Wildman–Crippen LogP) is 7.02. The number of fused-ring (bicyclic) bond motifs is 5. The minimum absolute atomic E-state index is 0.0868. The molecule has 3 heterocycles. The summed E-state index contributed by atoms with van der Waals surface area (Å²) in [5.41, 5.74) is 6.65. The Morgan fingerprint density at radius 2 is 1.31 bits per heavy atom. The number of amides is 1. The van der Waals surface area contributed by atoms with E-state index in [1.54, 1.807) is 0 Å². The van der Waals surface area contributed by atoms with Gasteiger partial charge >= 0.3 is 0 Å². The van der Waals surface area contributed by atoms with Crippen LogP contribution in [0.15, 0.2) is 115 Å².